The Balaban J connectivity index is 2.44. The van der Waals surface area contributed by atoms with Gasteiger partial charge in [-0.05, 0) is 25.7 Å². The number of hydrogen-bond acceptors (Lipinski definition) is 5. The standard InChI is InChI=1S/C30H49F3O5/c1-5-9-18-34-22-25-26(35-19-10-6-2)27(36-20-11-7-3)28(37-21-12-8-4)30(33,38-25)23-29(31,32)24-16-14-13-15-17-24/h13-17,25-28H,5-12,18-23H2,1-4H3/t25-,26-,27+,28-,30?/m1/s1. The van der Waals surface area contributed by atoms with Crippen LogP contribution in [0, 0.1) is 0 Å². The minimum absolute atomic E-state index is 0.0225. The number of halogens is 3. The first-order chi connectivity index (χ1) is 18.3. The molecule has 0 saturated carbocycles. The Kier molecular flexibility index (Phi) is 15.2. The van der Waals surface area contributed by atoms with Gasteiger partial charge in [-0.1, -0.05) is 83.7 Å². The largest absolute Gasteiger partial charge is 0.379 e. The number of unbranched alkanes of at least 4 members (excludes halogenated alkanes) is 4. The lowest BCUT2D eigenvalue weighted by atomic mass is 9.87. The monoisotopic (exact) mass is 546 g/mol. The molecule has 1 heterocycles. The van der Waals surface area contributed by atoms with Gasteiger partial charge in [0, 0.05) is 32.0 Å². The Morgan fingerprint density at radius 1 is 0.763 bits per heavy atom. The van der Waals surface area contributed by atoms with Crippen molar-refractivity contribution in [3.8, 4) is 0 Å². The molecule has 38 heavy (non-hydrogen) atoms. The summed E-state index contributed by atoms with van der Waals surface area (Å²) in [6.45, 7) is 9.58. The Morgan fingerprint density at radius 3 is 1.87 bits per heavy atom. The number of alkyl halides is 3. The average molecular weight is 547 g/mol. The fraction of sp³-hybridized carbons (Fsp3) is 0.800. The minimum Gasteiger partial charge on any atom is -0.379 e. The van der Waals surface area contributed by atoms with Crippen molar-refractivity contribution in [1.29, 1.82) is 0 Å². The van der Waals surface area contributed by atoms with Crippen LogP contribution < -0.4 is 0 Å². The summed E-state index contributed by atoms with van der Waals surface area (Å²) in [5, 5.41) is 0. The second-order valence-corrected chi connectivity index (χ2v) is 10.1. The highest BCUT2D eigenvalue weighted by Crippen LogP contribution is 2.46. The van der Waals surface area contributed by atoms with E-state index in [1.54, 1.807) is 6.07 Å². The van der Waals surface area contributed by atoms with E-state index in [-0.39, 0.29) is 18.8 Å². The molecule has 5 nitrogen and oxygen atoms in total. The molecule has 0 bridgehead atoms. The fourth-order valence-corrected chi connectivity index (χ4v) is 4.50. The van der Waals surface area contributed by atoms with E-state index < -0.39 is 42.6 Å². The Labute approximate surface area is 227 Å². The van der Waals surface area contributed by atoms with Crippen molar-refractivity contribution >= 4 is 0 Å². The van der Waals surface area contributed by atoms with E-state index in [2.05, 4.69) is 6.92 Å². The molecule has 0 aromatic heterocycles. The van der Waals surface area contributed by atoms with Crippen LogP contribution in [0.4, 0.5) is 13.2 Å². The highest BCUT2D eigenvalue weighted by molar-refractivity contribution is 5.21. The summed E-state index contributed by atoms with van der Waals surface area (Å²) in [5.41, 5.74) is -0.270. The predicted octanol–water partition coefficient (Wildman–Crippen LogP) is 7.61. The van der Waals surface area contributed by atoms with Crippen LogP contribution in [0.15, 0.2) is 30.3 Å². The van der Waals surface area contributed by atoms with E-state index >= 15 is 13.2 Å². The minimum atomic E-state index is -3.49. The van der Waals surface area contributed by atoms with Crippen molar-refractivity contribution in [2.45, 2.75) is 122 Å². The number of benzene rings is 1. The summed E-state index contributed by atoms with van der Waals surface area (Å²) in [6.07, 6.45) is 1.48. The molecule has 0 N–H and O–H groups in total. The van der Waals surface area contributed by atoms with Crippen molar-refractivity contribution in [2.24, 2.45) is 0 Å². The Hall–Kier alpha value is -1.19. The average Bonchev–Trinajstić information content (AvgIpc) is 2.90. The topological polar surface area (TPSA) is 46.2 Å². The first-order valence-electron chi connectivity index (χ1n) is 14.6. The summed E-state index contributed by atoms with van der Waals surface area (Å²) in [5.74, 6) is -6.30. The van der Waals surface area contributed by atoms with Gasteiger partial charge in [-0.15, -0.1) is 0 Å². The van der Waals surface area contributed by atoms with Gasteiger partial charge in [-0.3, -0.25) is 0 Å². The molecule has 0 spiro atoms. The van der Waals surface area contributed by atoms with Crippen molar-refractivity contribution in [1.82, 2.24) is 0 Å². The smallest absolute Gasteiger partial charge is 0.278 e. The first kappa shape index (κ1) is 33.0. The molecule has 1 fully saturated rings. The number of ether oxygens (including phenoxy) is 5. The highest BCUT2D eigenvalue weighted by atomic mass is 19.3. The molecule has 0 amide bonds. The third kappa shape index (κ3) is 10.1. The Morgan fingerprint density at radius 2 is 1.29 bits per heavy atom. The summed E-state index contributed by atoms with van der Waals surface area (Å²) in [6, 6.07) is 7.29. The highest BCUT2D eigenvalue weighted by Gasteiger charge is 2.61. The van der Waals surface area contributed by atoms with Crippen LogP contribution >= 0.6 is 0 Å². The van der Waals surface area contributed by atoms with E-state index in [1.807, 2.05) is 20.8 Å². The second-order valence-electron chi connectivity index (χ2n) is 10.1. The van der Waals surface area contributed by atoms with Crippen LogP contribution in [0.3, 0.4) is 0 Å². The van der Waals surface area contributed by atoms with Crippen molar-refractivity contribution < 1.29 is 36.9 Å². The lowest BCUT2D eigenvalue weighted by Gasteiger charge is -2.49. The molecule has 5 atom stereocenters. The molecule has 0 aliphatic carbocycles. The maximum absolute atomic E-state index is 17.0. The van der Waals surface area contributed by atoms with Gasteiger partial charge in [0.05, 0.1) is 13.0 Å². The summed E-state index contributed by atoms with van der Waals surface area (Å²) in [7, 11) is 0. The molecule has 1 unspecified atom stereocenters. The molecule has 2 rings (SSSR count). The predicted molar refractivity (Wildman–Crippen MR) is 143 cm³/mol. The zero-order valence-corrected chi connectivity index (χ0v) is 23.8. The molecule has 1 aromatic carbocycles. The van der Waals surface area contributed by atoms with Gasteiger partial charge in [-0.25, -0.2) is 13.2 Å². The molecule has 8 heteroatoms. The Bertz CT molecular complexity index is 738. The van der Waals surface area contributed by atoms with Gasteiger partial charge in [0.1, 0.15) is 24.4 Å². The molecule has 1 aliphatic heterocycles. The van der Waals surface area contributed by atoms with Gasteiger partial charge in [0.15, 0.2) is 0 Å². The number of hydrogen-bond donors (Lipinski definition) is 0. The van der Waals surface area contributed by atoms with E-state index in [9.17, 15) is 0 Å². The molecule has 1 aromatic rings. The van der Waals surface area contributed by atoms with Crippen molar-refractivity contribution in [2.75, 3.05) is 33.0 Å². The molecular formula is C30H49F3O5. The third-order valence-electron chi connectivity index (χ3n) is 6.76. The van der Waals surface area contributed by atoms with E-state index in [4.69, 9.17) is 23.7 Å². The van der Waals surface area contributed by atoms with Gasteiger partial charge >= 0.3 is 0 Å². The lowest BCUT2D eigenvalue weighted by Crippen LogP contribution is -2.66. The van der Waals surface area contributed by atoms with Gasteiger partial charge in [0.2, 0.25) is 5.85 Å². The molecular weight excluding hydrogens is 497 g/mol. The van der Waals surface area contributed by atoms with E-state index in [0.29, 0.717) is 26.2 Å². The van der Waals surface area contributed by atoms with Crippen LogP contribution in [-0.4, -0.2) is 63.3 Å². The molecule has 1 aliphatic rings. The zero-order chi connectivity index (χ0) is 27.9. The van der Waals surface area contributed by atoms with Gasteiger partial charge in [0.25, 0.3) is 5.92 Å². The van der Waals surface area contributed by atoms with Crippen molar-refractivity contribution in [3.63, 3.8) is 0 Å². The van der Waals surface area contributed by atoms with E-state index in [0.717, 1.165) is 44.9 Å². The van der Waals surface area contributed by atoms with Crippen LogP contribution in [0.25, 0.3) is 0 Å². The fourth-order valence-electron chi connectivity index (χ4n) is 4.50. The van der Waals surface area contributed by atoms with Crippen LogP contribution in [-0.2, 0) is 29.6 Å². The zero-order valence-electron chi connectivity index (χ0n) is 23.8. The summed E-state index contributed by atoms with van der Waals surface area (Å²) < 4.78 is 78.2. The second kappa shape index (κ2) is 17.5. The van der Waals surface area contributed by atoms with Crippen LogP contribution in [0.5, 0.6) is 0 Å². The van der Waals surface area contributed by atoms with Crippen molar-refractivity contribution in [3.05, 3.63) is 35.9 Å². The SMILES string of the molecule is CCCCOC[C@H]1OC(F)(CC(F)(F)c2ccccc2)[C@H](OCCCC)[C@@H](OCCCC)[C@@H]1OCCCC. The first-order valence-corrected chi connectivity index (χ1v) is 14.6. The normalized spacial score (nSPS) is 26.1. The third-order valence-corrected chi connectivity index (χ3v) is 6.76. The molecule has 220 valence electrons. The summed E-state index contributed by atoms with van der Waals surface area (Å²) in [4.78, 5) is 0. The van der Waals surface area contributed by atoms with Gasteiger partial charge < -0.3 is 23.7 Å². The van der Waals surface area contributed by atoms with Crippen LogP contribution in [0.1, 0.15) is 91.0 Å². The van der Waals surface area contributed by atoms with Crippen LogP contribution in [0.2, 0.25) is 0 Å². The molecule has 1 saturated heterocycles. The quantitative estimate of drug-likeness (QED) is 0.158. The van der Waals surface area contributed by atoms with Gasteiger partial charge in [-0.2, -0.15) is 0 Å². The summed E-state index contributed by atoms with van der Waals surface area (Å²) >= 11 is 0. The molecule has 0 radical (unpaired) electrons. The lowest BCUT2D eigenvalue weighted by molar-refractivity contribution is -0.354. The maximum atomic E-state index is 17.0. The maximum Gasteiger partial charge on any atom is 0.278 e. The van der Waals surface area contributed by atoms with E-state index in [1.165, 1.54) is 24.3 Å². The number of rotatable bonds is 20.